The largest absolute Gasteiger partial charge is 0.355 e. The Hall–Kier alpha value is -3.35. The van der Waals surface area contributed by atoms with E-state index in [-0.39, 0.29) is 24.3 Å². The average Bonchev–Trinajstić information content (AvgIpc) is 3.01. The summed E-state index contributed by atoms with van der Waals surface area (Å²) < 4.78 is 0. The van der Waals surface area contributed by atoms with Crippen molar-refractivity contribution < 1.29 is 14.4 Å². The SMILES string of the molecule is CNC(=O)c1cccc(NC(=O)NC2CC(=O)N(c3ccccc3)C2)c1. The number of hydrogen-bond donors (Lipinski definition) is 3. The summed E-state index contributed by atoms with van der Waals surface area (Å²) in [5.74, 6) is -0.253. The third-order valence-corrected chi connectivity index (χ3v) is 4.14. The molecule has 134 valence electrons. The van der Waals surface area contributed by atoms with E-state index in [1.165, 1.54) is 0 Å². The summed E-state index contributed by atoms with van der Waals surface area (Å²) in [6.45, 7) is 0.425. The van der Waals surface area contributed by atoms with E-state index < -0.39 is 6.03 Å². The highest BCUT2D eigenvalue weighted by molar-refractivity contribution is 5.98. The number of urea groups is 1. The minimum absolute atomic E-state index is 0.0249. The Labute approximate surface area is 151 Å². The van der Waals surface area contributed by atoms with Gasteiger partial charge in [-0.1, -0.05) is 24.3 Å². The molecule has 26 heavy (non-hydrogen) atoms. The van der Waals surface area contributed by atoms with Gasteiger partial charge >= 0.3 is 6.03 Å². The van der Waals surface area contributed by atoms with Crippen LogP contribution in [0, 0.1) is 0 Å². The predicted molar refractivity (Wildman–Crippen MR) is 99.2 cm³/mol. The quantitative estimate of drug-likeness (QED) is 0.786. The third kappa shape index (κ3) is 4.00. The Kier molecular flexibility index (Phi) is 5.17. The van der Waals surface area contributed by atoms with Gasteiger partial charge in [0.05, 0.1) is 6.04 Å². The van der Waals surface area contributed by atoms with Gasteiger partial charge in [-0.3, -0.25) is 9.59 Å². The number of amides is 4. The Morgan fingerprint density at radius 2 is 1.85 bits per heavy atom. The summed E-state index contributed by atoms with van der Waals surface area (Å²) in [5.41, 5.74) is 1.78. The van der Waals surface area contributed by atoms with Crippen molar-refractivity contribution in [3.8, 4) is 0 Å². The molecule has 1 unspecified atom stereocenters. The summed E-state index contributed by atoms with van der Waals surface area (Å²) in [4.78, 5) is 37.7. The van der Waals surface area contributed by atoms with Crippen LogP contribution < -0.4 is 20.9 Å². The molecular formula is C19H20N4O3. The highest BCUT2D eigenvalue weighted by Gasteiger charge is 2.31. The second-order valence-corrected chi connectivity index (χ2v) is 6.00. The monoisotopic (exact) mass is 352 g/mol. The first-order valence-electron chi connectivity index (χ1n) is 8.32. The Balaban J connectivity index is 1.59. The highest BCUT2D eigenvalue weighted by atomic mass is 16.2. The molecule has 1 fully saturated rings. The van der Waals surface area contributed by atoms with Crippen molar-refractivity contribution in [2.75, 3.05) is 23.8 Å². The fourth-order valence-electron chi connectivity index (χ4n) is 2.90. The molecule has 2 aromatic rings. The maximum Gasteiger partial charge on any atom is 0.319 e. The Morgan fingerprint density at radius 1 is 1.08 bits per heavy atom. The van der Waals surface area contributed by atoms with Crippen molar-refractivity contribution in [3.05, 3.63) is 60.2 Å². The van der Waals surface area contributed by atoms with Crippen LogP contribution in [0.3, 0.4) is 0 Å². The number of anilines is 2. The van der Waals surface area contributed by atoms with Gasteiger partial charge in [0.1, 0.15) is 0 Å². The molecule has 0 bridgehead atoms. The number of nitrogens with zero attached hydrogens (tertiary/aromatic N) is 1. The Bertz CT molecular complexity index is 823. The molecule has 0 aromatic heterocycles. The topological polar surface area (TPSA) is 90.5 Å². The maximum absolute atomic E-state index is 12.2. The minimum Gasteiger partial charge on any atom is -0.355 e. The molecule has 1 aliphatic heterocycles. The van der Waals surface area contributed by atoms with E-state index in [1.54, 1.807) is 36.2 Å². The lowest BCUT2D eigenvalue weighted by molar-refractivity contribution is -0.117. The average molecular weight is 352 g/mol. The molecule has 3 rings (SSSR count). The highest BCUT2D eigenvalue weighted by Crippen LogP contribution is 2.21. The van der Waals surface area contributed by atoms with Crippen LogP contribution in [0.15, 0.2) is 54.6 Å². The van der Waals surface area contributed by atoms with E-state index in [0.29, 0.717) is 17.8 Å². The molecule has 0 radical (unpaired) electrons. The van der Waals surface area contributed by atoms with Crippen LogP contribution in [0.1, 0.15) is 16.8 Å². The van der Waals surface area contributed by atoms with Crippen LogP contribution >= 0.6 is 0 Å². The van der Waals surface area contributed by atoms with Gasteiger partial charge in [0.2, 0.25) is 5.91 Å². The molecule has 1 saturated heterocycles. The van der Waals surface area contributed by atoms with Crippen LogP contribution in [-0.4, -0.2) is 37.5 Å². The molecule has 0 spiro atoms. The van der Waals surface area contributed by atoms with Crippen LogP contribution in [-0.2, 0) is 4.79 Å². The van der Waals surface area contributed by atoms with Gasteiger partial charge in [-0.15, -0.1) is 0 Å². The van der Waals surface area contributed by atoms with Crippen molar-refractivity contribution in [1.29, 1.82) is 0 Å². The van der Waals surface area contributed by atoms with Crippen molar-refractivity contribution in [2.45, 2.75) is 12.5 Å². The number of para-hydroxylation sites is 1. The zero-order valence-electron chi connectivity index (χ0n) is 14.4. The molecule has 1 heterocycles. The lowest BCUT2D eigenvalue weighted by Gasteiger charge is -2.17. The lowest BCUT2D eigenvalue weighted by atomic mass is 10.2. The van der Waals surface area contributed by atoms with Crippen LogP contribution in [0.4, 0.5) is 16.2 Å². The number of nitrogens with one attached hydrogen (secondary N) is 3. The maximum atomic E-state index is 12.2. The van der Waals surface area contributed by atoms with Gasteiger partial charge in [0.15, 0.2) is 0 Å². The van der Waals surface area contributed by atoms with Crippen molar-refractivity contribution >= 4 is 29.2 Å². The molecule has 1 atom stereocenters. The number of rotatable bonds is 4. The van der Waals surface area contributed by atoms with E-state index in [9.17, 15) is 14.4 Å². The normalized spacial score (nSPS) is 16.3. The zero-order valence-corrected chi connectivity index (χ0v) is 14.4. The van der Waals surface area contributed by atoms with Crippen molar-refractivity contribution in [3.63, 3.8) is 0 Å². The van der Waals surface area contributed by atoms with E-state index >= 15 is 0 Å². The standard InChI is InChI=1S/C19H20N4O3/c1-20-18(25)13-6-5-7-14(10-13)21-19(26)22-15-11-17(24)23(12-15)16-8-3-2-4-9-16/h2-10,15H,11-12H2,1H3,(H,20,25)(H2,21,22,26). The second-order valence-electron chi connectivity index (χ2n) is 6.00. The minimum atomic E-state index is -0.410. The molecule has 0 saturated carbocycles. The number of carbonyl (C=O) groups excluding carboxylic acids is 3. The van der Waals surface area contributed by atoms with E-state index in [4.69, 9.17) is 0 Å². The van der Waals surface area contributed by atoms with Gasteiger partial charge in [-0.05, 0) is 30.3 Å². The first-order chi connectivity index (χ1) is 12.6. The number of hydrogen-bond acceptors (Lipinski definition) is 3. The lowest BCUT2D eigenvalue weighted by Crippen LogP contribution is -2.39. The molecule has 4 amide bonds. The van der Waals surface area contributed by atoms with Gasteiger partial charge in [0, 0.05) is 37.0 Å². The van der Waals surface area contributed by atoms with Crippen LogP contribution in [0.5, 0.6) is 0 Å². The van der Waals surface area contributed by atoms with Crippen LogP contribution in [0.25, 0.3) is 0 Å². The molecule has 3 N–H and O–H groups in total. The van der Waals surface area contributed by atoms with Crippen molar-refractivity contribution in [2.24, 2.45) is 0 Å². The molecule has 1 aliphatic rings. The number of carbonyl (C=O) groups is 3. The van der Waals surface area contributed by atoms with E-state index in [1.807, 2.05) is 30.3 Å². The predicted octanol–water partition coefficient (Wildman–Crippen LogP) is 1.97. The zero-order chi connectivity index (χ0) is 18.5. The first kappa shape index (κ1) is 17.5. The summed E-state index contributed by atoms with van der Waals surface area (Å²) in [6, 6.07) is 15.3. The van der Waals surface area contributed by atoms with Crippen LogP contribution in [0.2, 0.25) is 0 Å². The third-order valence-electron chi connectivity index (χ3n) is 4.14. The molecule has 2 aromatic carbocycles. The smallest absolute Gasteiger partial charge is 0.319 e. The van der Waals surface area contributed by atoms with Gasteiger partial charge in [0.25, 0.3) is 5.91 Å². The van der Waals surface area contributed by atoms with E-state index in [0.717, 1.165) is 5.69 Å². The summed E-state index contributed by atoms with van der Waals surface area (Å²) in [6.07, 6.45) is 0.251. The second kappa shape index (κ2) is 7.69. The Morgan fingerprint density at radius 3 is 2.58 bits per heavy atom. The fourth-order valence-corrected chi connectivity index (χ4v) is 2.90. The van der Waals surface area contributed by atoms with Gasteiger partial charge < -0.3 is 20.9 Å². The fraction of sp³-hybridized carbons (Fsp3) is 0.211. The molecule has 7 nitrogen and oxygen atoms in total. The van der Waals surface area contributed by atoms with Gasteiger partial charge in [-0.2, -0.15) is 0 Å². The van der Waals surface area contributed by atoms with Gasteiger partial charge in [-0.25, -0.2) is 4.79 Å². The molecule has 7 heteroatoms. The summed E-state index contributed by atoms with van der Waals surface area (Å²) in [7, 11) is 1.55. The first-order valence-corrected chi connectivity index (χ1v) is 8.32. The summed E-state index contributed by atoms with van der Waals surface area (Å²) >= 11 is 0. The molecule has 0 aliphatic carbocycles. The number of benzene rings is 2. The summed E-state index contributed by atoms with van der Waals surface area (Å²) in [5, 5.41) is 8.04. The van der Waals surface area contributed by atoms with Crippen molar-refractivity contribution in [1.82, 2.24) is 10.6 Å². The molecular weight excluding hydrogens is 332 g/mol. The van der Waals surface area contributed by atoms with E-state index in [2.05, 4.69) is 16.0 Å².